The SMILES string of the molecule is COc1ccc(NS(=O)(=O)c2ccc(NC(=S)NC(=O)c3ccc(O)c(Br)c3)cc2)cc1. The fourth-order valence-corrected chi connectivity index (χ4v) is 4.22. The van der Waals surface area contributed by atoms with Crippen LogP contribution in [0.5, 0.6) is 11.5 Å². The Morgan fingerprint density at radius 3 is 2.22 bits per heavy atom. The summed E-state index contributed by atoms with van der Waals surface area (Å²) in [5, 5.41) is 14.9. The van der Waals surface area contributed by atoms with Gasteiger partial charge in [-0.1, -0.05) is 0 Å². The number of rotatable bonds is 6. The minimum Gasteiger partial charge on any atom is -0.507 e. The van der Waals surface area contributed by atoms with Crippen molar-refractivity contribution in [2.24, 2.45) is 0 Å². The molecule has 0 saturated heterocycles. The summed E-state index contributed by atoms with van der Waals surface area (Å²) in [6, 6.07) is 16.7. The van der Waals surface area contributed by atoms with Crippen LogP contribution in [0.3, 0.4) is 0 Å². The van der Waals surface area contributed by atoms with E-state index in [4.69, 9.17) is 17.0 Å². The summed E-state index contributed by atoms with van der Waals surface area (Å²) in [6.07, 6.45) is 0. The van der Waals surface area contributed by atoms with Gasteiger partial charge in [0.2, 0.25) is 0 Å². The van der Waals surface area contributed by atoms with Crippen molar-refractivity contribution in [2.45, 2.75) is 4.90 Å². The summed E-state index contributed by atoms with van der Waals surface area (Å²) in [7, 11) is -2.26. The van der Waals surface area contributed by atoms with Crippen molar-refractivity contribution in [3.63, 3.8) is 0 Å². The van der Waals surface area contributed by atoms with Crippen molar-refractivity contribution in [3.05, 3.63) is 76.8 Å². The molecule has 0 bridgehead atoms. The number of nitrogens with one attached hydrogen (secondary N) is 3. The third kappa shape index (κ3) is 5.96. The normalized spacial score (nSPS) is 10.8. The van der Waals surface area contributed by atoms with E-state index in [2.05, 4.69) is 31.3 Å². The number of ether oxygens (including phenoxy) is 1. The van der Waals surface area contributed by atoms with Gasteiger partial charge in [0.1, 0.15) is 11.5 Å². The van der Waals surface area contributed by atoms with E-state index < -0.39 is 15.9 Å². The first-order chi connectivity index (χ1) is 15.2. The first-order valence-electron chi connectivity index (χ1n) is 9.06. The minimum atomic E-state index is -3.79. The maximum atomic E-state index is 12.6. The van der Waals surface area contributed by atoms with E-state index in [1.54, 1.807) is 24.3 Å². The standard InChI is InChI=1S/C21H18BrN3O5S2/c1-30-16-7-3-15(4-8-16)25-32(28,29)17-9-5-14(6-10-17)23-21(31)24-20(27)13-2-11-19(26)18(22)12-13/h2-12,25-26H,1H3,(H2,23,24,27,31). The average molecular weight is 536 g/mol. The molecule has 11 heteroatoms. The molecule has 0 heterocycles. The highest BCUT2D eigenvalue weighted by molar-refractivity contribution is 9.10. The van der Waals surface area contributed by atoms with Gasteiger partial charge in [-0.3, -0.25) is 14.8 Å². The molecule has 0 atom stereocenters. The van der Waals surface area contributed by atoms with E-state index in [0.717, 1.165) is 0 Å². The van der Waals surface area contributed by atoms with E-state index >= 15 is 0 Å². The minimum absolute atomic E-state index is 0.0128. The molecule has 4 N–H and O–H groups in total. The van der Waals surface area contributed by atoms with Crippen molar-refractivity contribution in [1.82, 2.24) is 5.32 Å². The Morgan fingerprint density at radius 1 is 1.00 bits per heavy atom. The van der Waals surface area contributed by atoms with Gasteiger partial charge < -0.3 is 15.2 Å². The number of carbonyl (C=O) groups is 1. The van der Waals surface area contributed by atoms with Crippen LogP contribution in [0.25, 0.3) is 0 Å². The smallest absolute Gasteiger partial charge is 0.261 e. The van der Waals surface area contributed by atoms with Crippen LogP contribution < -0.4 is 20.1 Å². The predicted molar refractivity (Wildman–Crippen MR) is 130 cm³/mol. The first-order valence-corrected chi connectivity index (χ1v) is 11.7. The molecule has 3 rings (SSSR count). The Kier molecular flexibility index (Phi) is 7.33. The van der Waals surface area contributed by atoms with E-state index in [1.807, 2.05) is 0 Å². The molecule has 0 spiro atoms. The number of halogens is 1. The molecule has 0 aliphatic rings. The number of aromatic hydroxyl groups is 1. The van der Waals surface area contributed by atoms with Crippen LogP contribution >= 0.6 is 28.1 Å². The lowest BCUT2D eigenvalue weighted by Crippen LogP contribution is -2.34. The molecule has 166 valence electrons. The van der Waals surface area contributed by atoms with E-state index in [9.17, 15) is 18.3 Å². The number of sulfonamides is 1. The molecule has 0 radical (unpaired) electrons. The number of anilines is 2. The highest BCUT2D eigenvalue weighted by Crippen LogP contribution is 2.24. The Labute approximate surface area is 198 Å². The zero-order valence-electron chi connectivity index (χ0n) is 16.6. The molecule has 8 nitrogen and oxygen atoms in total. The number of benzene rings is 3. The van der Waals surface area contributed by atoms with Crippen molar-refractivity contribution < 1.29 is 23.1 Å². The van der Waals surface area contributed by atoms with Crippen molar-refractivity contribution in [3.8, 4) is 11.5 Å². The fraction of sp³-hybridized carbons (Fsp3) is 0.0476. The number of carbonyl (C=O) groups excluding carboxylic acids is 1. The molecular formula is C21H18BrN3O5S2. The summed E-state index contributed by atoms with van der Waals surface area (Å²) < 4.78 is 33.1. The Morgan fingerprint density at radius 2 is 1.62 bits per heavy atom. The van der Waals surface area contributed by atoms with Gasteiger partial charge in [-0.25, -0.2) is 8.42 Å². The highest BCUT2D eigenvalue weighted by atomic mass is 79.9. The van der Waals surface area contributed by atoms with Crippen LogP contribution in [0.2, 0.25) is 0 Å². The van der Waals surface area contributed by atoms with Gasteiger partial charge >= 0.3 is 0 Å². The Hall–Kier alpha value is -3.15. The summed E-state index contributed by atoms with van der Waals surface area (Å²) in [5.74, 6) is 0.161. The number of amides is 1. The molecule has 0 fully saturated rings. The lowest BCUT2D eigenvalue weighted by molar-refractivity contribution is 0.0977. The van der Waals surface area contributed by atoms with Crippen LogP contribution in [-0.4, -0.2) is 31.7 Å². The van der Waals surface area contributed by atoms with Crippen LogP contribution in [0, 0.1) is 0 Å². The third-order valence-corrected chi connectivity index (χ3v) is 6.44. The molecule has 0 saturated carbocycles. The molecular weight excluding hydrogens is 518 g/mol. The van der Waals surface area contributed by atoms with Gasteiger partial charge in [-0.05, 0) is 94.9 Å². The molecule has 0 aliphatic heterocycles. The van der Waals surface area contributed by atoms with Crippen molar-refractivity contribution in [1.29, 1.82) is 0 Å². The van der Waals surface area contributed by atoms with Crippen molar-refractivity contribution >= 4 is 60.6 Å². The van der Waals surface area contributed by atoms with Gasteiger partial charge in [0.05, 0.1) is 16.5 Å². The van der Waals surface area contributed by atoms with Crippen LogP contribution in [-0.2, 0) is 10.0 Å². The van der Waals surface area contributed by atoms with E-state index in [-0.39, 0.29) is 15.8 Å². The number of phenols is 1. The molecule has 3 aromatic carbocycles. The van der Waals surface area contributed by atoms with Crippen LogP contribution in [0.4, 0.5) is 11.4 Å². The maximum absolute atomic E-state index is 12.6. The van der Waals surface area contributed by atoms with Crippen LogP contribution in [0.15, 0.2) is 76.1 Å². The highest BCUT2D eigenvalue weighted by Gasteiger charge is 2.15. The van der Waals surface area contributed by atoms with Gasteiger partial charge in [0.25, 0.3) is 15.9 Å². The molecule has 3 aromatic rings. The molecule has 32 heavy (non-hydrogen) atoms. The number of hydrogen-bond donors (Lipinski definition) is 4. The second-order valence-electron chi connectivity index (χ2n) is 6.43. The summed E-state index contributed by atoms with van der Waals surface area (Å²) in [5.41, 5.74) is 1.19. The molecule has 1 amide bonds. The number of thiocarbonyl (C=S) groups is 1. The summed E-state index contributed by atoms with van der Waals surface area (Å²) in [4.78, 5) is 12.3. The van der Waals surface area contributed by atoms with Gasteiger partial charge in [-0.2, -0.15) is 0 Å². The number of methoxy groups -OCH3 is 1. The number of phenolic OH excluding ortho intramolecular Hbond substituents is 1. The largest absolute Gasteiger partial charge is 0.507 e. The molecule has 0 aliphatic carbocycles. The maximum Gasteiger partial charge on any atom is 0.261 e. The topological polar surface area (TPSA) is 117 Å². The van der Waals surface area contributed by atoms with Crippen molar-refractivity contribution in [2.75, 3.05) is 17.1 Å². The lowest BCUT2D eigenvalue weighted by Gasteiger charge is -2.12. The summed E-state index contributed by atoms with van der Waals surface area (Å²) in [6.45, 7) is 0. The third-order valence-electron chi connectivity index (χ3n) is 4.20. The lowest BCUT2D eigenvalue weighted by atomic mass is 10.2. The number of hydrogen-bond acceptors (Lipinski definition) is 6. The second-order valence-corrected chi connectivity index (χ2v) is 9.38. The van der Waals surface area contributed by atoms with Gasteiger partial charge in [0.15, 0.2) is 5.11 Å². The van der Waals surface area contributed by atoms with E-state index in [1.165, 1.54) is 49.6 Å². The van der Waals surface area contributed by atoms with E-state index in [0.29, 0.717) is 27.2 Å². The first kappa shape index (κ1) is 23.5. The fourth-order valence-electron chi connectivity index (χ4n) is 2.58. The monoisotopic (exact) mass is 535 g/mol. The van der Waals surface area contributed by atoms with Gasteiger partial charge in [-0.15, -0.1) is 0 Å². The molecule has 0 unspecified atom stereocenters. The molecule has 0 aromatic heterocycles. The second kappa shape index (κ2) is 9.98. The van der Waals surface area contributed by atoms with Gasteiger partial charge in [0, 0.05) is 16.9 Å². The Bertz CT molecular complexity index is 1250. The average Bonchev–Trinajstić information content (AvgIpc) is 2.76. The predicted octanol–water partition coefficient (Wildman–Crippen LogP) is 4.09. The quantitative estimate of drug-likeness (QED) is 0.351. The zero-order valence-corrected chi connectivity index (χ0v) is 19.8. The summed E-state index contributed by atoms with van der Waals surface area (Å²) >= 11 is 8.29. The Balaban J connectivity index is 1.62. The van der Waals surface area contributed by atoms with Crippen LogP contribution in [0.1, 0.15) is 10.4 Å². The zero-order chi connectivity index (χ0) is 23.3.